The highest BCUT2D eigenvalue weighted by molar-refractivity contribution is 7.92. The number of fused-ring (bicyclic) bond motifs is 1. The summed E-state index contributed by atoms with van der Waals surface area (Å²) in [5.74, 6) is 1.15. The van der Waals surface area contributed by atoms with Crippen molar-refractivity contribution >= 4 is 21.6 Å². The van der Waals surface area contributed by atoms with Crippen molar-refractivity contribution in [3.63, 3.8) is 0 Å². The van der Waals surface area contributed by atoms with Gasteiger partial charge in [0, 0.05) is 6.54 Å². The summed E-state index contributed by atoms with van der Waals surface area (Å²) < 4.78 is 42.7. The molecule has 1 aliphatic rings. The molecule has 1 atom stereocenters. The lowest BCUT2D eigenvalue weighted by Crippen LogP contribution is -2.50. The summed E-state index contributed by atoms with van der Waals surface area (Å²) in [6, 6.07) is 10.6. The van der Waals surface area contributed by atoms with Gasteiger partial charge in [-0.25, -0.2) is 8.42 Å². The molecule has 0 fully saturated rings. The molecule has 31 heavy (non-hydrogen) atoms. The first-order valence-corrected chi connectivity index (χ1v) is 11.8. The highest BCUT2D eigenvalue weighted by Crippen LogP contribution is 2.36. The number of ether oxygens (including phenoxy) is 3. The van der Waals surface area contributed by atoms with Crippen molar-refractivity contribution in [2.45, 2.75) is 39.5 Å². The molecule has 2 aromatic carbocycles. The fourth-order valence-corrected chi connectivity index (χ4v) is 4.19. The van der Waals surface area contributed by atoms with E-state index in [-0.39, 0.29) is 19.2 Å². The van der Waals surface area contributed by atoms with Crippen LogP contribution in [0.4, 0.5) is 5.69 Å². The van der Waals surface area contributed by atoms with Gasteiger partial charge in [-0.05, 0) is 56.2 Å². The fraction of sp³-hybridized carbons (Fsp3) is 0.409. The summed E-state index contributed by atoms with van der Waals surface area (Å²) in [4.78, 5) is 12.8. The standard InChI is InChI=1S/C22H28N2O6S/c1-14(2)29-19-9-7-16(11-20(19)28-4)12-23-22(25)21-13-24(31(5,26)27)17-10-15(3)6-8-18(17)30-21/h6-11,14,21H,12-13H2,1-5H3,(H,23,25)/t21-/m1/s1. The number of hydrogen-bond donors (Lipinski definition) is 1. The van der Waals surface area contributed by atoms with Gasteiger partial charge in [0.2, 0.25) is 10.0 Å². The number of methoxy groups -OCH3 is 1. The van der Waals surface area contributed by atoms with Crippen molar-refractivity contribution in [1.29, 1.82) is 0 Å². The summed E-state index contributed by atoms with van der Waals surface area (Å²) in [6.45, 7) is 5.86. The van der Waals surface area contributed by atoms with Gasteiger partial charge in [-0.1, -0.05) is 12.1 Å². The minimum absolute atomic E-state index is 0.00681. The second-order valence-electron chi connectivity index (χ2n) is 7.74. The summed E-state index contributed by atoms with van der Waals surface area (Å²) in [6.07, 6.45) is 0.162. The average molecular weight is 449 g/mol. The number of carbonyl (C=O) groups excluding carboxylic acids is 1. The highest BCUT2D eigenvalue weighted by atomic mass is 32.2. The normalized spacial score (nSPS) is 15.8. The van der Waals surface area contributed by atoms with Crippen molar-refractivity contribution in [3.05, 3.63) is 47.5 Å². The van der Waals surface area contributed by atoms with Crippen LogP contribution in [-0.4, -0.2) is 46.4 Å². The third kappa shape index (κ3) is 5.41. The van der Waals surface area contributed by atoms with Crippen LogP contribution < -0.4 is 23.8 Å². The molecule has 0 bridgehead atoms. The minimum Gasteiger partial charge on any atom is -0.493 e. The van der Waals surface area contributed by atoms with E-state index >= 15 is 0 Å². The molecule has 8 nitrogen and oxygen atoms in total. The van der Waals surface area contributed by atoms with Gasteiger partial charge >= 0.3 is 0 Å². The van der Waals surface area contributed by atoms with Crippen molar-refractivity contribution in [1.82, 2.24) is 5.32 Å². The molecule has 1 N–H and O–H groups in total. The summed E-state index contributed by atoms with van der Waals surface area (Å²) in [7, 11) is -2.02. The van der Waals surface area contributed by atoms with Crippen LogP contribution in [0.15, 0.2) is 36.4 Å². The molecule has 0 radical (unpaired) electrons. The number of aryl methyl sites for hydroxylation is 1. The monoisotopic (exact) mass is 448 g/mol. The Kier molecular flexibility index (Phi) is 6.64. The number of benzene rings is 2. The van der Waals surface area contributed by atoms with E-state index < -0.39 is 22.0 Å². The van der Waals surface area contributed by atoms with Crippen molar-refractivity contribution in [3.8, 4) is 17.2 Å². The number of hydrogen-bond acceptors (Lipinski definition) is 6. The third-order valence-electron chi connectivity index (χ3n) is 4.73. The largest absolute Gasteiger partial charge is 0.493 e. The predicted octanol–water partition coefficient (Wildman–Crippen LogP) is 2.63. The molecule has 1 heterocycles. The van der Waals surface area contributed by atoms with Crippen molar-refractivity contribution in [2.24, 2.45) is 0 Å². The highest BCUT2D eigenvalue weighted by Gasteiger charge is 2.35. The number of sulfonamides is 1. The van der Waals surface area contributed by atoms with E-state index in [2.05, 4.69) is 5.32 Å². The van der Waals surface area contributed by atoms with E-state index in [1.807, 2.05) is 32.9 Å². The zero-order valence-corrected chi connectivity index (χ0v) is 19.2. The minimum atomic E-state index is -3.57. The summed E-state index contributed by atoms with van der Waals surface area (Å²) in [5, 5.41) is 2.81. The number of amides is 1. The van der Waals surface area contributed by atoms with Gasteiger partial charge in [-0.15, -0.1) is 0 Å². The van der Waals surface area contributed by atoms with E-state index in [4.69, 9.17) is 14.2 Å². The van der Waals surface area contributed by atoms with Crippen LogP contribution in [0.1, 0.15) is 25.0 Å². The topological polar surface area (TPSA) is 94.2 Å². The first kappa shape index (κ1) is 22.7. The van der Waals surface area contributed by atoms with Crippen LogP contribution in [0.2, 0.25) is 0 Å². The third-order valence-corrected chi connectivity index (χ3v) is 5.88. The lowest BCUT2D eigenvalue weighted by atomic mass is 10.1. The lowest BCUT2D eigenvalue weighted by molar-refractivity contribution is -0.127. The molecular weight excluding hydrogens is 420 g/mol. The molecule has 0 aliphatic carbocycles. The second kappa shape index (κ2) is 9.05. The molecular formula is C22H28N2O6S. The zero-order chi connectivity index (χ0) is 22.8. The Balaban J connectivity index is 1.73. The SMILES string of the molecule is COc1cc(CNC(=O)[C@H]2CN(S(C)(=O)=O)c3cc(C)ccc3O2)ccc1OC(C)C. The molecule has 3 rings (SSSR count). The van der Waals surface area contributed by atoms with Gasteiger partial charge in [-0.2, -0.15) is 0 Å². The van der Waals surface area contributed by atoms with Gasteiger partial charge in [0.05, 0.1) is 31.7 Å². The number of nitrogens with one attached hydrogen (secondary N) is 1. The van der Waals surface area contributed by atoms with Crippen molar-refractivity contribution < 1.29 is 27.4 Å². The number of carbonyl (C=O) groups is 1. The van der Waals surface area contributed by atoms with Gasteiger partial charge in [0.1, 0.15) is 5.75 Å². The van der Waals surface area contributed by atoms with Crippen molar-refractivity contribution in [2.75, 3.05) is 24.2 Å². The average Bonchev–Trinajstić information content (AvgIpc) is 2.70. The molecule has 1 amide bonds. The van der Waals surface area contributed by atoms with Crippen LogP contribution >= 0.6 is 0 Å². The van der Waals surface area contributed by atoms with Crippen LogP contribution in [-0.2, 0) is 21.4 Å². The van der Waals surface area contributed by atoms with Gasteiger partial charge in [0.25, 0.3) is 5.91 Å². The van der Waals surface area contributed by atoms with Gasteiger partial charge < -0.3 is 19.5 Å². The molecule has 1 aliphatic heterocycles. The lowest BCUT2D eigenvalue weighted by Gasteiger charge is -2.34. The fourth-order valence-electron chi connectivity index (χ4n) is 3.29. The quantitative estimate of drug-likeness (QED) is 0.700. The van der Waals surface area contributed by atoms with Crippen LogP contribution in [0.3, 0.4) is 0 Å². The second-order valence-corrected chi connectivity index (χ2v) is 9.65. The first-order chi connectivity index (χ1) is 14.6. The van der Waals surface area contributed by atoms with E-state index in [0.717, 1.165) is 17.4 Å². The maximum atomic E-state index is 12.8. The molecule has 168 valence electrons. The molecule has 0 unspecified atom stereocenters. The van der Waals surface area contributed by atoms with Crippen LogP contribution in [0.5, 0.6) is 17.2 Å². The predicted molar refractivity (Wildman–Crippen MR) is 118 cm³/mol. The van der Waals surface area contributed by atoms with Gasteiger partial charge in [0.15, 0.2) is 17.6 Å². The Bertz CT molecular complexity index is 1070. The molecule has 9 heteroatoms. The molecule has 0 saturated carbocycles. The molecule has 0 aromatic heterocycles. The molecule has 0 saturated heterocycles. The Morgan fingerprint density at radius 3 is 2.61 bits per heavy atom. The zero-order valence-electron chi connectivity index (χ0n) is 18.3. The number of anilines is 1. The maximum Gasteiger partial charge on any atom is 0.263 e. The Morgan fingerprint density at radius 1 is 1.23 bits per heavy atom. The van der Waals surface area contributed by atoms with Crippen LogP contribution in [0, 0.1) is 6.92 Å². The van der Waals surface area contributed by atoms with E-state index in [1.165, 1.54) is 4.31 Å². The smallest absolute Gasteiger partial charge is 0.263 e. The summed E-state index contributed by atoms with van der Waals surface area (Å²) in [5.41, 5.74) is 2.16. The van der Waals surface area contributed by atoms with Gasteiger partial charge in [-0.3, -0.25) is 9.10 Å². The number of nitrogens with zero attached hydrogens (tertiary/aromatic N) is 1. The maximum absolute atomic E-state index is 12.8. The first-order valence-electron chi connectivity index (χ1n) is 9.94. The number of rotatable bonds is 7. The Hall–Kier alpha value is -2.94. The van der Waals surface area contributed by atoms with Crippen LogP contribution in [0.25, 0.3) is 0 Å². The molecule has 2 aromatic rings. The Labute approximate surface area is 183 Å². The molecule has 0 spiro atoms. The van der Waals surface area contributed by atoms with E-state index in [1.54, 1.807) is 31.4 Å². The Morgan fingerprint density at radius 2 is 1.97 bits per heavy atom. The van der Waals surface area contributed by atoms with E-state index in [0.29, 0.717) is 22.9 Å². The summed E-state index contributed by atoms with van der Waals surface area (Å²) >= 11 is 0. The van der Waals surface area contributed by atoms with E-state index in [9.17, 15) is 13.2 Å².